The van der Waals surface area contributed by atoms with E-state index < -0.39 is 8.07 Å². The molecule has 1 aliphatic carbocycles. The molecule has 22 heavy (non-hydrogen) atoms. The van der Waals surface area contributed by atoms with Crippen molar-refractivity contribution in [3.8, 4) is 0 Å². The SMILES string of the molecule is CCCC[Si](C)(C)c1ccc(C(=O)NC2CCCCC2)cc1. The molecular formula is C19H31NOSi. The van der Waals surface area contributed by atoms with E-state index in [4.69, 9.17) is 0 Å². The van der Waals surface area contributed by atoms with Crippen LogP contribution in [0.15, 0.2) is 24.3 Å². The van der Waals surface area contributed by atoms with Gasteiger partial charge in [0.15, 0.2) is 0 Å². The molecule has 1 aliphatic rings. The Bertz CT molecular complexity index is 475. The van der Waals surface area contributed by atoms with Crippen molar-refractivity contribution in [2.75, 3.05) is 0 Å². The predicted molar refractivity (Wildman–Crippen MR) is 97.6 cm³/mol. The van der Waals surface area contributed by atoms with Crippen molar-refractivity contribution >= 4 is 19.2 Å². The highest BCUT2D eigenvalue weighted by molar-refractivity contribution is 6.89. The van der Waals surface area contributed by atoms with Crippen molar-refractivity contribution in [3.05, 3.63) is 29.8 Å². The molecule has 1 fully saturated rings. The summed E-state index contributed by atoms with van der Waals surface area (Å²) in [5, 5.41) is 4.67. The lowest BCUT2D eigenvalue weighted by atomic mass is 9.95. The Balaban J connectivity index is 1.97. The molecule has 0 saturated heterocycles. The van der Waals surface area contributed by atoms with Gasteiger partial charge >= 0.3 is 0 Å². The number of benzene rings is 1. The van der Waals surface area contributed by atoms with E-state index in [0.717, 1.165) is 18.4 Å². The van der Waals surface area contributed by atoms with Crippen molar-refractivity contribution in [2.24, 2.45) is 0 Å². The first-order valence-electron chi connectivity index (χ1n) is 8.94. The molecule has 1 saturated carbocycles. The van der Waals surface area contributed by atoms with Gasteiger partial charge in [-0.2, -0.15) is 0 Å². The summed E-state index contributed by atoms with van der Waals surface area (Å²) in [4.78, 5) is 12.3. The zero-order valence-corrected chi connectivity index (χ0v) is 15.5. The molecule has 0 heterocycles. The highest BCUT2D eigenvalue weighted by Gasteiger charge is 2.23. The van der Waals surface area contributed by atoms with Gasteiger partial charge in [0, 0.05) is 11.6 Å². The number of amides is 1. The third-order valence-corrected chi connectivity index (χ3v) is 8.52. The zero-order chi connectivity index (χ0) is 16.0. The smallest absolute Gasteiger partial charge is 0.251 e. The average Bonchev–Trinajstić information content (AvgIpc) is 2.54. The number of carbonyl (C=O) groups excluding carboxylic acids is 1. The summed E-state index contributed by atoms with van der Waals surface area (Å²) in [6, 6.07) is 10.1. The predicted octanol–water partition coefficient (Wildman–Crippen LogP) is 4.46. The number of rotatable bonds is 6. The van der Waals surface area contributed by atoms with E-state index >= 15 is 0 Å². The fraction of sp³-hybridized carbons (Fsp3) is 0.632. The maximum atomic E-state index is 12.3. The van der Waals surface area contributed by atoms with Crippen molar-refractivity contribution in [1.82, 2.24) is 5.32 Å². The van der Waals surface area contributed by atoms with Crippen LogP contribution in [0, 0.1) is 0 Å². The van der Waals surface area contributed by atoms with Gasteiger partial charge in [-0.05, 0) is 25.0 Å². The summed E-state index contributed by atoms with van der Waals surface area (Å²) < 4.78 is 0. The molecule has 1 N–H and O–H groups in total. The van der Waals surface area contributed by atoms with E-state index in [2.05, 4.69) is 37.5 Å². The number of hydrogen-bond donors (Lipinski definition) is 1. The minimum atomic E-state index is -1.33. The quantitative estimate of drug-likeness (QED) is 0.771. The minimum Gasteiger partial charge on any atom is -0.349 e. The first-order chi connectivity index (χ1) is 10.5. The highest BCUT2D eigenvalue weighted by atomic mass is 28.3. The summed E-state index contributed by atoms with van der Waals surface area (Å²) in [6.45, 7) is 7.11. The minimum absolute atomic E-state index is 0.103. The van der Waals surface area contributed by atoms with Gasteiger partial charge in [-0.15, -0.1) is 0 Å². The molecule has 0 unspecified atom stereocenters. The fourth-order valence-electron chi connectivity index (χ4n) is 3.35. The van der Waals surface area contributed by atoms with E-state index in [0.29, 0.717) is 6.04 Å². The van der Waals surface area contributed by atoms with Crippen LogP contribution in [0.3, 0.4) is 0 Å². The van der Waals surface area contributed by atoms with Crippen LogP contribution in [0.4, 0.5) is 0 Å². The topological polar surface area (TPSA) is 29.1 Å². The second kappa shape index (κ2) is 7.96. The third-order valence-electron chi connectivity index (χ3n) is 5.02. The summed E-state index contributed by atoms with van der Waals surface area (Å²) in [7, 11) is -1.33. The number of unbranched alkanes of at least 4 members (excludes halogenated alkanes) is 1. The van der Waals surface area contributed by atoms with Crippen molar-refractivity contribution in [3.63, 3.8) is 0 Å². The third kappa shape index (κ3) is 4.70. The molecular weight excluding hydrogens is 286 g/mol. The van der Waals surface area contributed by atoms with Gasteiger partial charge in [-0.25, -0.2) is 0 Å². The Kier molecular flexibility index (Phi) is 6.24. The maximum Gasteiger partial charge on any atom is 0.251 e. The molecule has 2 nitrogen and oxygen atoms in total. The molecule has 2 rings (SSSR count). The van der Waals surface area contributed by atoms with E-state index in [1.54, 1.807) is 0 Å². The second-order valence-corrected chi connectivity index (χ2v) is 12.2. The Morgan fingerprint density at radius 3 is 2.36 bits per heavy atom. The van der Waals surface area contributed by atoms with E-state index in [1.807, 2.05) is 12.1 Å². The van der Waals surface area contributed by atoms with E-state index in [9.17, 15) is 4.79 Å². The van der Waals surface area contributed by atoms with Gasteiger partial charge in [-0.3, -0.25) is 4.79 Å². The molecule has 1 amide bonds. The highest BCUT2D eigenvalue weighted by Crippen LogP contribution is 2.18. The standard InChI is InChI=1S/C19H31NOSi/c1-4-5-15-22(2,3)18-13-11-16(12-14-18)19(21)20-17-9-7-6-8-10-17/h11-14,17H,4-10,15H2,1-3H3,(H,20,21). The summed E-state index contributed by atoms with van der Waals surface area (Å²) in [5.41, 5.74) is 0.814. The van der Waals surface area contributed by atoms with Crippen LogP contribution in [0.25, 0.3) is 0 Å². The second-order valence-electron chi connectivity index (χ2n) is 7.37. The normalized spacial score (nSPS) is 16.5. The molecule has 122 valence electrons. The van der Waals surface area contributed by atoms with Gasteiger partial charge in [0.05, 0.1) is 8.07 Å². The first-order valence-corrected chi connectivity index (χ1v) is 12.1. The Labute approximate surface area is 136 Å². The Morgan fingerprint density at radius 1 is 1.14 bits per heavy atom. The van der Waals surface area contributed by atoms with Crippen molar-refractivity contribution in [1.29, 1.82) is 0 Å². The molecule has 0 spiro atoms. The molecule has 0 atom stereocenters. The summed E-state index contributed by atoms with van der Waals surface area (Å²) >= 11 is 0. The van der Waals surface area contributed by atoms with Crippen LogP contribution in [0.2, 0.25) is 19.1 Å². The van der Waals surface area contributed by atoms with Gasteiger partial charge < -0.3 is 5.32 Å². The molecule has 1 aromatic rings. The van der Waals surface area contributed by atoms with Crippen LogP contribution in [0.5, 0.6) is 0 Å². The van der Waals surface area contributed by atoms with Crippen molar-refractivity contribution in [2.45, 2.75) is 77.0 Å². The van der Waals surface area contributed by atoms with Gasteiger partial charge in [0.25, 0.3) is 5.91 Å². The number of carbonyl (C=O) groups is 1. The van der Waals surface area contributed by atoms with E-state index in [1.165, 1.54) is 43.3 Å². The Hall–Kier alpha value is -1.09. The van der Waals surface area contributed by atoms with Gasteiger partial charge in [0.2, 0.25) is 0 Å². The lowest BCUT2D eigenvalue weighted by Gasteiger charge is -2.24. The van der Waals surface area contributed by atoms with Gasteiger partial charge in [-0.1, -0.05) is 75.5 Å². The zero-order valence-electron chi connectivity index (χ0n) is 14.5. The first kappa shape index (κ1) is 17.3. The Morgan fingerprint density at radius 2 is 1.77 bits per heavy atom. The van der Waals surface area contributed by atoms with Crippen LogP contribution in [0.1, 0.15) is 62.2 Å². The molecule has 0 bridgehead atoms. The maximum absolute atomic E-state index is 12.3. The number of nitrogens with one attached hydrogen (secondary N) is 1. The monoisotopic (exact) mass is 317 g/mol. The fourth-order valence-corrected chi connectivity index (χ4v) is 5.95. The summed E-state index contributed by atoms with van der Waals surface area (Å²) in [5.74, 6) is 0.103. The van der Waals surface area contributed by atoms with Crippen LogP contribution >= 0.6 is 0 Å². The molecule has 3 heteroatoms. The largest absolute Gasteiger partial charge is 0.349 e. The van der Waals surface area contributed by atoms with Crippen molar-refractivity contribution < 1.29 is 4.79 Å². The van der Waals surface area contributed by atoms with Crippen LogP contribution in [-0.2, 0) is 0 Å². The van der Waals surface area contributed by atoms with Crippen LogP contribution in [-0.4, -0.2) is 20.0 Å². The van der Waals surface area contributed by atoms with E-state index in [-0.39, 0.29) is 5.91 Å². The molecule has 0 aliphatic heterocycles. The molecule has 0 aromatic heterocycles. The molecule has 0 radical (unpaired) electrons. The van der Waals surface area contributed by atoms with Crippen LogP contribution < -0.4 is 10.5 Å². The average molecular weight is 318 g/mol. The molecule has 1 aromatic carbocycles. The summed E-state index contributed by atoms with van der Waals surface area (Å²) in [6.07, 6.45) is 8.67. The van der Waals surface area contributed by atoms with Gasteiger partial charge in [0.1, 0.15) is 0 Å². The number of hydrogen-bond acceptors (Lipinski definition) is 1. The lowest BCUT2D eigenvalue weighted by molar-refractivity contribution is 0.0928. The lowest BCUT2D eigenvalue weighted by Crippen LogP contribution is -2.41.